The van der Waals surface area contributed by atoms with E-state index in [1.54, 1.807) is 24.3 Å². The molecule has 1 aliphatic rings. The zero-order chi connectivity index (χ0) is 24.8. The number of carbonyl (C=O) groups is 3. The van der Waals surface area contributed by atoms with Crippen molar-refractivity contribution in [1.82, 2.24) is 9.74 Å². The van der Waals surface area contributed by atoms with Crippen molar-refractivity contribution < 1.29 is 33.4 Å². The first-order valence-electron chi connectivity index (χ1n) is 9.69. The van der Waals surface area contributed by atoms with Gasteiger partial charge in [-0.15, -0.1) is 0 Å². The number of methoxy groups -OCH3 is 1. The molecule has 1 heterocycles. The van der Waals surface area contributed by atoms with Crippen molar-refractivity contribution in [3.8, 4) is 11.5 Å². The van der Waals surface area contributed by atoms with E-state index in [1.807, 2.05) is 0 Å². The third kappa shape index (κ3) is 6.32. The lowest BCUT2D eigenvalue weighted by Gasteiger charge is -2.13. The average molecular weight is 525 g/mol. The van der Waals surface area contributed by atoms with Gasteiger partial charge in [-0.05, 0) is 54.1 Å². The van der Waals surface area contributed by atoms with Gasteiger partial charge >= 0.3 is 11.9 Å². The van der Waals surface area contributed by atoms with E-state index >= 15 is 0 Å². The fourth-order valence-electron chi connectivity index (χ4n) is 2.98. The molecule has 1 saturated heterocycles. The molecular formula is C22H18ClFN2O6S2. The number of rotatable bonds is 9. The number of nitrogens with zero attached hydrogens (tertiary/aromatic N) is 1. The van der Waals surface area contributed by atoms with Crippen molar-refractivity contribution >= 4 is 64.0 Å². The number of carbonyl (C=O) groups excluding carboxylic acids is 2. The summed E-state index contributed by atoms with van der Waals surface area (Å²) < 4.78 is 25.1. The number of esters is 1. The van der Waals surface area contributed by atoms with Crippen molar-refractivity contribution in [2.75, 3.05) is 13.7 Å². The van der Waals surface area contributed by atoms with Crippen molar-refractivity contribution in [1.29, 1.82) is 0 Å². The molecule has 0 bridgehead atoms. The molecule has 3 rings (SSSR count). The smallest absolute Gasteiger partial charge is 0.324 e. The van der Waals surface area contributed by atoms with Crippen molar-refractivity contribution in [3.63, 3.8) is 0 Å². The third-order valence-corrected chi connectivity index (χ3v) is 6.28. The Kier molecular flexibility index (Phi) is 8.61. The number of benzene rings is 2. The van der Waals surface area contributed by atoms with Gasteiger partial charge in [-0.3, -0.25) is 19.3 Å². The highest BCUT2D eigenvalue weighted by molar-refractivity contribution is 8.26. The standard InChI is InChI=1S/C22H18ClFN2O6S2/c1-31-21(30)17(25-23)8-12-2-5-14(6-3-12)32-15-7-4-13(16(24)10-15)9-18-20(29)26(11-19(27)28)22(33)34-18/h2-7,9-10,17,25H,8,11H2,1H3,(H,27,28)/b18-9-/t17-/m0/s1. The second-order valence-corrected chi connectivity index (χ2v) is 8.87. The number of carboxylic acids is 1. The summed E-state index contributed by atoms with van der Waals surface area (Å²) in [5.41, 5.74) is 0.929. The van der Waals surface area contributed by atoms with Gasteiger partial charge < -0.3 is 14.6 Å². The number of hydrogen-bond donors (Lipinski definition) is 2. The number of halogens is 2. The fourth-order valence-corrected chi connectivity index (χ4v) is 4.39. The highest BCUT2D eigenvalue weighted by atomic mass is 35.5. The molecule has 1 atom stereocenters. The Morgan fingerprint density at radius 1 is 1.26 bits per heavy atom. The van der Waals surface area contributed by atoms with E-state index in [9.17, 15) is 18.8 Å². The molecule has 0 radical (unpaired) electrons. The molecule has 0 spiro atoms. The van der Waals surface area contributed by atoms with Crippen LogP contribution in [-0.2, 0) is 25.5 Å². The van der Waals surface area contributed by atoms with Crippen molar-refractivity contribution in [2.24, 2.45) is 0 Å². The Hall–Kier alpha value is -2.99. The summed E-state index contributed by atoms with van der Waals surface area (Å²) in [5, 5.41) is 8.90. The van der Waals surface area contributed by atoms with Gasteiger partial charge in [0.25, 0.3) is 5.91 Å². The minimum absolute atomic E-state index is 0.0993. The molecule has 12 heteroatoms. The molecule has 0 saturated carbocycles. The summed E-state index contributed by atoms with van der Waals surface area (Å²) in [6.45, 7) is -0.554. The van der Waals surface area contributed by atoms with Crippen LogP contribution in [-0.4, -0.2) is 51.9 Å². The Morgan fingerprint density at radius 3 is 2.53 bits per heavy atom. The highest BCUT2D eigenvalue weighted by Crippen LogP contribution is 2.33. The SMILES string of the molecule is COC(=O)[C@H](Cc1ccc(Oc2ccc(/C=C3\SC(=S)N(CC(=O)O)C3=O)c(F)c2)cc1)NCl. The van der Waals surface area contributed by atoms with E-state index in [-0.39, 0.29) is 20.5 Å². The van der Waals surface area contributed by atoms with Gasteiger partial charge in [0.05, 0.1) is 12.0 Å². The predicted molar refractivity (Wildman–Crippen MR) is 129 cm³/mol. The minimum atomic E-state index is -1.20. The van der Waals surface area contributed by atoms with Crippen LogP contribution in [0.2, 0.25) is 0 Å². The predicted octanol–water partition coefficient (Wildman–Crippen LogP) is 3.73. The van der Waals surface area contributed by atoms with E-state index in [0.29, 0.717) is 12.2 Å². The van der Waals surface area contributed by atoms with Crippen molar-refractivity contribution in [2.45, 2.75) is 12.5 Å². The number of hydrogen-bond acceptors (Lipinski definition) is 8. The van der Waals surface area contributed by atoms with Crippen LogP contribution >= 0.6 is 35.8 Å². The molecule has 34 heavy (non-hydrogen) atoms. The van der Waals surface area contributed by atoms with Crippen LogP contribution in [0.25, 0.3) is 6.08 Å². The van der Waals surface area contributed by atoms with E-state index in [4.69, 9.17) is 33.8 Å². The zero-order valence-corrected chi connectivity index (χ0v) is 20.0. The minimum Gasteiger partial charge on any atom is -0.480 e. The number of amides is 1. The van der Waals surface area contributed by atoms with Crippen LogP contribution in [0.1, 0.15) is 11.1 Å². The number of carboxylic acid groups (broad SMARTS) is 1. The summed E-state index contributed by atoms with van der Waals surface area (Å²) in [6, 6.07) is 10.2. The summed E-state index contributed by atoms with van der Waals surface area (Å²) in [4.78, 5) is 38.3. The number of thiocarbonyl (C=S) groups is 1. The number of aliphatic carboxylic acids is 1. The van der Waals surface area contributed by atoms with E-state index in [1.165, 1.54) is 31.4 Å². The molecule has 178 valence electrons. The van der Waals surface area contributed by atoms with Gasteiger partial charge in [0.2, 0.25) is 0 Å². The maximum absolute atomic E-state index is 14.6. The first-order valence-corrected chi connectivity index (χ1v) is 11.3. The van der Waals surface area contributed by atoms with Gasteiger partial charge in [-0.2, -0.15) is 0 Å². The normalized spacial score (nSPS) is 15.5. The molecule has 1 aliphatic heterocycles. The highest BCUT2D eigenvalue weighted by Gasteiger charge is 2.33. The Balaban J connectivity index is 1.68. The Morgan fingerprint density at radius 2 is 1.94 bits per heavy atom. The van der Waals surface area contributed by atoms with Crippen LogP contribution in [0.15, 0.2) is 47.4 Å². The number of ether oxygens (including phenoxy) is 2. The first kappa shape index (κ1) is 25.6. The van der Waals surface area contributed by atoms with Crippen LogP contribution in [0.5, 0.6) is 11.5 Å². The molecule has 0 aromatic heterocycles. The van der Waals surface area contributed by atoms with Crippen LogP contribution in [0.3, 0.4) is 0 Å². The molecule has 2 aromatic rings. The quantitative estimate of drug-likeness (QED) is 0.220. The first-order chi connectivity index (χ1) is 16.2. The average Bonchev–Trinajstić information content (AvgIpc) is 3.06. The molecule has 2 aromatic carbocycles. The van der Waals surface area contributed by atoms with Crippen LogP contribution in [0.4, 0.5) is 4.39 Å². The van der Waals surface area contributed by atoms with Gasteiger partial charge in [0.1, 0.15) is 34.2 Å². The molecular weight excluding hydrogens is 507 g/mol. The van der Waals surface area contributed by atoms with Gasteiger partial charge in [-0.25, -0.2) is 9.23 Å². The van der Waals surface area contributed by atoms with Crippen LogP contribution in [0, 0.1) is 5.82 Å². The summed E-state index contributed by atoms with van der Waals surface area (Å²) in [5.74, 6) is -2.23. The topological polar surface area (TPSA) is 105 Å². The van der Waals surface area contributed by atoms with Crippen molar-refractivity contribution in [3.05, 3.63) is 64.3 Å². The van der Waals surface area contributed by atoms with Gasteiger partial charge in [0.15, 0.2) is 0 Å². The molecule has 1 fully saturated rings. The Labute approximate surface area is 208 Å². The zero-order valence-electron chi connectivity index (χ0n) is 17.6. The molecule has 8 nitrogen and oxygen atoms in total. The monoisotopic (exact) mass is 524 g/mol. The lowest BCUT2D eigenvalue weighted by atomic mass is 10.1. The second-order valence-electron chi connectivity index (χ2n) is 6.98. The maximum atomic E-state index is 14.6. The van der Waals surface area contributed by atoms with E-state index in [2.05, 4.69) is 9.57 Å². The van der Waals surface area contributed by atoms with E-state index < -0.39 is 36.2 Å². The second kappa shape index (κ2) is 11.4. The summed E-state index contributed by atoms with van der Waals surface area (Å²) in [7, 11) is 1.27. The van der Waals surface area contributed by atoms with E-state index in [0.717, 1.165) is 22.2 Å². The maximum Gasteiger partial charge on any atom is 0.324 e. The van der Waals surface area contributed by atoms with Crippen LogP contribution < -0.4 is 9.57 Å². The fraction of sp³-hybridized carbons (Fsp3) is 0.182. The molecule has 1 amide bonds. The largest absolute Gasteiger partial charge is 0.480 e. The number of nitrogens with one attached hydrogen (secondary N) is 1. The molecule has 2 N–H and O–H groups in total. The lowest BCUT2D eigenvalue weighted by Crippen LogP contribution is -2.33. The lowest BCUT2D eigenvalue weighted by molar-refractivity contribution is -0.142. The molecule has 0 unspecified atom stereocenters. The van der Waals surface area contributed by atoms with Gasteiger partial charge in [-0.1, -0.05) is 36.1 Å². The third-order valence-electron chi connectivity index (χ3n) is 4.64. The summed E-state index contributed by atoms with van der Waals surface area (Å²) in [6.07, 6.45) is 1.62. The Bertz CT molecular complexity index is 1160. The van der Waals surface area contributed by atoms with Gasteiger partial charge in [0, 0.05) is 11.6 Å². The summed E-state index contributed by atoms with van der Waals surface area (Å²) >= 11 is 11.5. The number of thioether (sulfide) groups is 1. The molecule has 0 aliphatic carbocycles.